The Hall–Kier alpha value is -0.940. The molecule has 1 aliphatic rings. The molecule has 106 valence electrons. The number of carbonyl (C=O) groups is 1. The Labute approximate surface area is 118 Å². The Morgan fingerprint density at radius 2 is 2.21 bits per heavy atom. The third kappa shape index (κ3) is 3.54. The van der Waals surface area contributed by atoms with E-state index in [2.05, 4.69) is 25.7 Å². The van der Waals surface area contributed by atoms with Gasteiger partial charge in [0.25, 0.3) is 0 Å². The van der Waals surface area contributed by atoms with Gasteiger partial charge in [0.15, 0.2) is 0 Å². The SMILES string of the molecule is CCOC(=O)CN1CCc2nc(C(C)(C)C)sc2C1. The molecule has 5 heteroatoms. The highest BCUT2D eigenvalue weighted by Crippen LogP contribution is 2.32. The zero-order valence-corrected chi connectivity index (χ0v) is 13.0. The second-order valence-electron chi connectivity index (χ2n) is 5.90. The van der Waals surface area contributed by atoms with Crippen molar-refractivity contribution in [1.82, 2.24) is 9.88 Å². The fraction of sp³-hybridized carbons (Fsp3) is 0.714. The van der Waals surface area contributed by atoms with Crippen LogP contribution < -0.4 is 0 Å². The number of ether oxygens (including phenoxy) is 1. The van der Waals surface area contributed by atoms with Gasteiger partial charge in [-0.05, 0) is 6.92 Å². The standard InChI is InChI=1S/C14H22N2O2S/c1-5-18-12(17)9-16-7-6-10-11(8-16)19-13(15-10)14(2,3)4/h5-9H2,1-4H3. The molecule has 1 aliphatic heterocycles. The number of rotatable bonds is 3. The fourth-order valence-corrected chi connectivity index (χ4v) is 3.30. The average Bonchev–Trinajstić information content (AvgIpc) is 2.71. The summed E-state index contributed by atoms with van der Waals surface area (Å²) in [4.78, 5) is 19.7. The second-order valence-corrected chi connectivity index (χ2v) is 6.99. The number of hydrogen-bond donors (Lipinski definition) is 0. The van der Waals surface area contributed by atoms with Crippen LogP contribution in [0.5, 0.6) is 0 Å². The number of hydrogen-bond acceptors (Lipinski definition) is 5. The molecule has 2 rings (SSSR count). The van der Waals surface area contributed by atoms with Crippen molar-refractivity contribution in [3.63, 3.8) is 0 Å². The Morgan fingerprint density at radius 3 is 2.84 bits per heavy atom. The van der Waals surface area contributed by atoms with E-state index in [0.717, 1.165) is 19.5 Å². The van der Waals surface area contributed by atoms with E-state index in [0.29, 0.717) is 13.2 Å². The third-order valence-electron chi connectivity index (χ3n) is 3.11. The maximum atomic E-state index is 11.5. The van der Waals surface area contributed by atoms with E-state index in [-0.39, 0.29) is 11.4 Å². The molecule has 1 aromatic heterocycles. The van der Waals surface area contributed by atoms with Crippen molar-refractivity contribution in [3.05, 3.63) is 15.6 Å². The summed E-state index contributed by atoms with van der Waals surface area (Å²) in [6.07, 6.45) is 0.932. The summed E-state index contributed by atoms with van der Waals surface area (Å²) >= 11 is 1.78. The van der Waals surface area contributed by atoms with Crippen LogP contribution in [-0.4, -0.2) is 35.5 Å². The van der Waals surface area contributed by atoms with Crippen LogP contribution in [0.1, 0.15) is 43.3 Å². The predicted octanol–water partition coefficient (Wildman–Crippen LogP) is 2.36. The van der Waals surface area contributed by atoms with Gasteiger partial charge in [0.1, 0.15) is 0 Å². The molecule has 0 aliphatic carbocycles. The molecule has 0 unspecified atom stereocenters. The molecule has 0 saturated heterocycles. The molecule has 19 heavy (non-hydrogen) atoms. The maximum absolute atomic E-state index is 11.5. The fourth-order valence-electron chi connectivity index (χ4n) is 2.09. The summed E-state index contributed by atoms with van der Waals surface area (Å²) in [6, 6.07) is 0. The van der Waals surface area contributed by atoms with Crippen molar-refractivity contribution in [2.45, 2.75) is 46.1 Å². The second kappa shape index (κ2) is 5.59. The topological polar surface area (TPSA) is 42.4 Å². The lowest BCUT2D eigenvalue weighted by Crippen LogP contribution is -2.35. The summed E-state index contributed by atoms with van der Waals surface area (Å²) < 4.78 is 5.00. The molecule has 2 heterocycles. The molecule has 4 nitrogen and oxygen atoms in total. The summed E-state index contributed by atoms with van der Waals surface area (Å²) in [7, 11) is 0. The Kier molecular flexibility index (Phi) is 4.26. The van der Waals surface area contributed by atoms with Gasteiger partial charge in [0.2, 0.25) is 0 Å². The molecule has 0 aromatic carbocycles. The highest BCUT2D eigenvalue weighted by Gasteiger charge is 2.26. The summed E-state index contributed by atoms with van der Waals surface area (Å²) in [5.41, 5.74) is 1.32. The lowest BCUT2D eigenvalue weighted by Gasteiger charge is -2.24. The molecular weight excluding hydrogens is 260 g/mol. The van der Waals surface area contributed by atoms with Gasteiger partial charge in [-0.15, -0.1) is 11.3 Å². The lowest BCUT2D eigenvalue weighted by atomic mass is 9.98. The van der Waals surface area contributed by atoms with Gasteiger partial charge in [-0.2, -0.15) is 0 Å². The van der Waals surface area contributed by atoms with Gasteiger partial charge in [-0.1, -0.05) is 20.8 Å². The highest BCUT2D eigenvalue weighted by atomic mass is 32.1. The maximum Gasteiger partial charge on any atom is 0.320 e. The van der Waals surface area contributed by atoms with Crippen LogP contribution in [0.15, 0.2) is 0 Å². The number of fused-ring (bicyclic) bond motifs is 1. The summed E-state index contributed by atoms with van der Waals surface area (Å²) in [6.45, 7) is 10.9. The average molecular weight is 282 g/mol. The lowest BCUT2D eigenvalue weighted by molar-refractivity contribution is -0.144. The minimum atomic E-state index is -0.133. The molecule has 1 aromatic rings. The molecule has 0 fully saturated rings. The minimum absolute atomic E-state index is 0.105. The number of esters is 1. The van der Waals surface area contributed by atoms with Crippen molar-refractivity contribution in [2.24, 2.45) is 0 Å². The van der Waals surface area contributed by atoms with Gasteiger partial charge in [0, 0.05) is 29.8 Å². The Bertz CT molecular complexity index is 463. The minimum Gasteiger partial charge on any atom is -0.465 e. The first-order valence-corrected chi connectivity index (χ1v) is 7.59. The first-order chi connectivity index (χ1) is 8.90. The summed E-state index contributed by atoms with van der Waals surface area (Å²) in [5, 5.41) is 1.19. The molecule has 0 spiro atoms. The van der Waals surface area contributed by atoms with Gasteiger partial charge in [0.05, 0.1) is 23.9 Å². The molecule has 0 bridgehead atoms. The number of thiazole rings is 1. The van der Waals surface area contributed by atoms with Crippen LogP contribution in [0.25, 0.3) is 0 Å². The predicted molar refractivity (Wildman–Crippen MR) is 76.4 cm³/mol. The molecule has 0 atom stereocenters. The van der Waals surface area contributed by atoms with Crippen molar-refractivity contribution < 1.29 is 9.53 Å². The monoisotopic (exact) mass is 282 g/mol. The van der Waals surface area contributed by atoms with E-state index in [1.807, 2.05) is 6.92 Å². The molecular formula is C14H22N2O2S. The van der Waals surface area contributed by atoms with Gasteiger partial charge >= 0.3 is 5.97 Å². The summed E-state index contributed by atoms with van der Waals surface area (Å²) in [5.74, 6) is -0.133. The van der Waals surface area contributed by atoms with Crippen molar-refractivity contribution in [3.8, 4) is 0 Å². The van der Waals surface area contributed by atoms with Crippen molar-refractivity contribution in [2.75, 3.05) is 19.7 Å². The van der Waals surface area contributed by atoms with E-state index in [1.54, 1.807) is 11.3 Å². The van der Waals surface area contributed by atoms with Gasteiger partial charge in [-0.3, -0.25) is 9.69 Å². The number of nitrogens with zero attached hydrogens (tertiary/aromatic N) is 2. The highest BCUT2D eigenvalue weighted by molar-refractivity contribution is 7.11. The third-order valence-corrected chi connectivity index (χ3v) is 4.62. The first kappa shape index (κ1) is 14.5. The van der Waals surface area contributed by atoms with E-state index < -0.39 is 0 Å². The quantitative estimate of drug-likeness (QED) is 0.798. The largest absolute Gasteiger partial charge is 0.465 e. The van der Waals surface area contributed by atoms with Crippen LogP contribution in [-0.2, 0) is 27.9 Å². The van der Waals surface area contributed by atoms with Gasteiger partial charge in [-0.25, -0.2) is 4.98 Å². The Balaban J connectivity index is 2.03. The van der Waals surface area contributed by atoms with E-state index in [9.17, 15) is 4.79 Å². The van der Waals surface area contributed by atoms with Crippen molar-refractivity contribution in [1.29, 1.82) is 0 Å². The normalized spacial score (nSPS) is 16.2. The smallest absolute Gasteiger partial charge is 0.320 e. The zero-order valence-electron chi connectivity index (χ0n) is 12.2. The van der Waals surface area contributed by atoms with E-state index in [1.165, 1.54) is 15.6 Å². The first-order valence-electron chi connectivity index (χ1n) is 6.77. The number of aromatic nitrogens is 1. The van der Waals surface area contributed by atoms with Crippen LogP contribution in [0.4, 0.5) is 0 Å². The van der Waals surface area contributed by atoms with Crippen molar-refractivity contribution >= 4 is 17.3 Å². The van der Waals surface area contributed by atoms with Crippen LogP contribution in [0.2, 0.25) is 0 Å². The number of carbonyl (C=O) groups excluding carboxylic acids is 1. The van der Waals surface area contributed by atoms with Crippen LogP contribution >= 0.6 is 11.3 Å². The molecule has 0 saturated carbocycles. The molecule has 0 amide bonds. The van der Waals surface area contributed by atoms with Crippen LogP contribution in [0.3, 0.4) is 0 Å². The Morgan fingerprint density at radius 1 is 1.47 bits per heavy atom. The molecule has 0 radical (unpaired) electrons. The van der Waals surface area contributed by atoms with E-state index in [4.69, 9.17) is 9.72 Å². The van der Waals surface area contributed by atoms with Gasteiger partial charge < -0.3 is 4.74 Å². The zero-order chi connectivity index (χ0) is 14.0. The van der Waals surface area contributed by atoms with E-state index >= 15 is 0 Å². The van der Waals surface area contributed by atoms with Crippen LogP contribution in [0, 0.1) is 0 Å². The molecule has 0 N–H and O–H groups in total.